The lowest BCUT2D eigenvalue weighted by molar-refractivity contribution is -0.121. The number of carbonyl (C=O) groups is 1. The first-order chi connectivity index (χ1) is 14.4. The van der Waals surface area contributed by atoms with Crippen LogP contribution in [0.3, 0.4) is 0 Å². The molecule has 7 heteroatoms. The SMILES string of the molecule is COc1ccc2[nH]cc(C3CCN(C(C)C(=O)Nc4c(C)nn(C)c4C)CC3)c2c1. The number of hydrogen-bond acceptors (Lipinski definition) is 4. The van der Waals surface area contributed by atoms with Gasteiger partial charge in [0.1, 0.15) is 5.75 Å². The van der Waals surface area contributed by atoms with Crippen LogP contribution in [-0.2, 0) is 11.8 Å². The fraction of sp³-hybridized carbons (Fsp3) is 0.478. The number of aryl methyl sites for hydroxylation is 2. The number of aromatic nitrogens is 3. The number of amides is 1. The first kappa shape index (κ1) is 20.5. The van der Waals surface area contributed by atoms with Crippen LogP contribution in [0.5, 0.6) is 5.75 Å². The van der Waals surface area contributed by atoms with Gasteiger partial charge in [0, 0.05) is 24.1 Å². The van der Waals surface area contributed by atoms with Gasteiger partial charge in [-0.1, -0.05) is 0 Å². The highest BCUT2D eigenvalue weighted by atomic mass is 16.5. The monoisotopic (exact) mass is 409 g/mol. The third-order valence-electron chi connectivity index (χ3n) is 6.57. The minimum atomic E-state index is -0.173. The van der Waals surface area contributed by atoms with Crippen molar-refractivity contribution in [2.45, 2.75) is 45.6 Å². The Hall–Kier alpha value is -2.80. The molecule has 0 aliphatic carbocycles. The van der Waals surface area contributed by atoms with E-state index in [9.17, 15) is 4.79 Å². The molecule has 1 amide bonds. The number of piperidine rings is 1. The Bertz CT molecular complexity index is 1060. The number of likely N-dealkylation sites (tertiary alicyclic amines) is 1. The van der Waals surface area contributed by atoms with Crippen LogP contribution < -0.4 is 10.1 Å². The van der Waals surface area contributed by atoms with Crippen LogP contribution in [0.2, 0.25) is 0 Å². The molecule has 3 aromatic rings. The second kappa shape index (κ2) is 8.14. The number of hydrogen-bond donors (Lipinski definition) is 2. The van der Waals surface area contributed by atoms with Crippen LogP contribution in [-0.4, -0.2) is 51.8 Å². The van der Waals surface area contributed by atoms with E-state index >= 15 is 0 Å². The first-order valence-corrected chi connectivity index (χ1v) is 10.6. The van der Waals surface area contributed by atoms with Crippen LogP contribution in [0.1, 0.15) is 42.6 Å². The van der Waals surface area contributed by atoms with Crippen LogP contribution in [0.25, 0.3) is 10.9 Å². The highest BCUT2D eigenvalue weighted by Gasteiger charge is 2.29. The van der Waals surface area contributed by atoms with E-state index < -0.39 is 0 Å². The largest absolute Gasteiger partial charge is 0.497 e. The molecule has 30 heavy (non-hydrogen) atoms. The number of fused-ring (bicyclic) bond motifs is 1. The maximum Gasteiger partial charge on any atom is 0.241 e. The van der Waals surface area contributed by atoms with E-state index in [1.807, 2.05) is 33.9 Å². The van der Waals surface area contributed by atoms with Crippen molar-refractivity contribution in [2.24, 2.45) is 7.05 Å². The predicted octanol–water partition coefficient (Wildman–Crippen LogP) is 3.73. The average molecular weight is 410 g/mol. The van der Waals surface area contributed by atoms with Crippen LogP contribution in [0.15, 0.2) is 24.4 Å². The van der Waals surface area contributed by atoms with E-state index in [2.05, 4.69) is 38.6 Å². The fourth-order valence-corrected chi connectivity index (χ4v) is 4.53. The minimum Gasteiger partial charge on any atom is -0.497 e. The normalized spacial score (nSPS) is 16.7. The Morgan fingerprint density at radius 1 is 1.30 bits per heavy atom. The number of methoxy groups -OCH3 is 1. The summed E-state index contributed by atoms with van der Waals surface area (Å²) in [6.07, 6.45) is 4.20. The van der Waals surface area contributed by atoms with Gasteiger partial charge in [-0.2, -0.15) is 5.10 Å². The van der Waals surface area contributed by atoms with Gasteiger partial charge >= 0.3 is 0 Å². The summed E-state index contributed by atoms with van der Waals surface area (Å²) >= 11 is 0. The highest BCUT2D eigenvalue weighted by Crippen LogP contribution is 2.35. The Morgan fingerprint density at radius 3 is 2.67 bits per heavy atom. The maximum absolute atomic E-state index is 12.9. The maximum atomic E-state index is 12.9. The number of anilines is 1. The van der Waals surface area contributed by atoms with Gasteiger partial charge in [-0.15, -0.1) is 0 Å². The van der Waals surface area contributed by atoms with E-state index in [4.69, 9.17) is 4.74 Å². The van der Waals surface area contributed by atoms with E-state index in [-0.39, 0.29) is 11.9 Å². The summed E-state index contributed by atoms with van der Waals surface area (Å²) in [5, 5.41) is 8.71. The summed E-state index contributed by atoms with van der Waals surface area (Å²) in [5.74, 6) is 1.40. The number of ether oxygens (including phenoxy) is 1. The molecule has 1 atom stereocenters. The van der Waals surface area contributed by atoms with Crippen molar-refractivity contribution in [3.63, 3.8) is 0 Å². The van der Waals surface area contributed by atoms with Crippen LogP contribution >= 0.6 is 0 Å². The zero-order valence-corrected chi connectivity index (χ0v) is 18.5. The summed E-state index contributed by atoms with van der Waals surface area (Å²) in [6.45, 7) is 7.70. The van der Waals surface area contributed by atoms with E-state index in [0.29, 0.717) is 5.92 Å². The van der Waals surface area contributed by atoms with Crippen LogP contribution in [0, 0.1) is 13.8 Å². The lowest BCUT2D eigenvalue weighted by atomic mass is 9.88. The van der Waals surface area contributed by atoms with Crippen LogP contribution in [0.4, 0.5) is 5.69 Å². The molecular weight excluding hydrogens is 378 g/mol. The summed E-state index contributed by atoms with van der Waals surface area (Å²) in [6, 6.07) is 5.99. The third kappa shape index (κ3) is 3.69. The van der Waals surface area contributed by atoms with Gasteiger partial charge in [-0.05, 0) is 76.4 Å². The molecular formula is C23H31N5O2. The molecule has 1 aromatic carbocycles. The number of nitrogens with zero attached hydrogens (tertiary/aromatic N) is 3. The predicted molar refractivity (Wildman–Crippen MR) is 119 cm³/mol. The summed E-state index contributed by atoms with van der Waals surface area (Å²) < 4.78 is 7.21. The quantitative estimate of drug-likeness (QED) is 0.673. The van der Waals surface area contributed by atoms with E-state index in [1.165, 1.54) is 10.9 Å². The Balaban J connectivity index is 1.41. The Kier molecular flexibility index (Phi) is 5.56. The van der Waals surface area contributed by atoms with Gasteiger partial charge in [0.05, 0.1) is 30.2 Å². The van der Waals surface area contributed by atoms with Gasteiger partial charge < -0.3 is 15.0 Å². The van der Waals surface area contributed by atoms with Crippen molar-refractivity contribution in [3.05, 3.63) is 41.3 Å². The van der Waals surface area contributed by atoms with Crippen molar-refractivity contribution < 1.29 is 9.53 Å². The van der Waals surface area contributed by atoms with Gasteiger partial charge in [0.25, 0.3) is 0 Å². The molecule has 1 aliphatic rings. The highest BCUT2D eigenvalue weighted by molar-refractivity contribution is 5.95. The molecule has 2 N–H and O–H groups in total. The number of H-pyrrole nitrogens is 1. The molecule has 0 spiro atoms. The van der Waals surface area contributed by atoms with Crippen molar-refractivity contribution in [3.8, 4) is 5.75 Å². The van der Waals surface area contributed by atoms with E-state index in [1.54, 1.807) is 11.8 Å². The molecule has 0 radical (unpaired) electrons. The lowest BCUT2D eigenvalue weighted by Gasteiger charge is -2.35. The molecule has 1 unspecified atom stereocenters. The molecule has 160 valence electrons. The number of carbonyl (C=O) groups excluding carboxylic acids is 1. The zero-order chi connectivity index (χ0) is 21.4. The second-order valence-electron chi connectivity index (χ2n) is 8.30. The molecule has 7 nitrogen and oxygen atoms in total. The van der Waals surface area contributed by atoms with Crippen molar-refractivity contribution in [2.75, 3.05) is 25.5 Å². The number of rotatable bonds is 5. The number of aromatic amines is 1. The first-order valence-electron chi connectivity index (χ1n) is 10.6. The molecule has 2 aromatic heterocycles. The molecule has 3 heterocycles. The van der Waals surface area contributed by atoms with Gasteiger partial charge in [-0.25, -0.2) is 0 Å². The summed E-state index contributed by atoms with van der Waals surface area (Å²) in [4.78, 5) is 18.5. The second-order valence-corrected chi connectivity index (χ2v) is 8.30. The summed E-state index contributed by atoms with van der Waals surface area (Å²) in [5.41, 5.74) is 5.15. The number of nitrogens with one attached hydrogen (secondary N) is 2. The topological polar surface area (TPSA) is 75.2 Å². The molecule has 0 saturated carbocycles. The molecule has 1 fully saturated rings. The smallest absolute Gasteiger partial charge is 0.241 e. The number of benzene rings is 1. The standard InChI is InChI=1S/C23H31N5O2/c1-14-22(15(2)27(4)26-14)25-23(29)16(3)28-10-8-17(9-11-28)20-13-24-21-7-6-18(30-5)12-19(20)21/h6-7,12-13,16-17,24H,8-11H2,1-5H3,(H,25,29). The van der Waals surface area contributed by atoms with E-state index in [0.717, 1.165) is 54.3 Å². The molecule has 4 rings (SSSR count). The fourth-order valence-electron chi connectivity index (χ4n) is 4.53. The zero-order valence-electron chi connectivity index (χ0n) is 18.5. The van der Waals surface area contributed by atoms with Crippen molar-refractivity contribution in [1.29, 1.82) is 0 Å². The minimum absolute atomic E-state index is 0.0319. The van der Waals surface area contributed by atoms with Crippen molar-refractivity contribution >= 4 is 22.5 Å². The van der Waals surface area contributed by atoms with Gasteiger partial charge in [0.15, 0.2) is 0 Å². The van der Waals surface area contributed by atoms with Gasteiger partial charge in [-0.3, -0.25) is 14.4 Å². The lowest BCUT2D eigenvalue weighted by Crippen LogP contribution is -2.45. The average Bonchev–Trinajstić information content (AvgIpc) is 3.28. The van der Waals surface area contributed by atoms with Gasteiger partial charge in [0.2, 0.25) is 5.91 Å². The Morgan fingerprint density at radius 2 is 2.03 bits per heavy atom. The summed E-state index contributed by atoms with van der Waals surface area (Å²) in [7, 11) is 3.60. The molecule has 1 saturated heterocycles. The molecule has 0 bridgehead atoms. The molecule has 1 aliphatic heterocycles. The van der Waals surface area contributed by atoms with Crippen molar-refractivity contribution in [1.82, 2.24) is 19.7 Å². The Labute approximate surface area is 177 Å². The third-order valence-corrected chi connectivity index (χ3v) is 6.57.